The van der Waals surface area contributed by atoms with Gasteiger partial charge in [0.1, 0.15) is 5.41 Å². The summed E-state index contributed by atoms with van der Waals surface area (Å²) in [6, 6.07) is 3.91. The molecule has 1 aliphatic heterocycles. The van der Waals surface area contributed by atoms with Crippen molar-refractivity contribution in [1.82, 2.24) is 4.72 Å². The average molecular weight is 443 g/mol. The molecule has 2 unspecified atom stereocenters. The zero-order valence-corrected chi connectivity index (χ0v) is 15.0. The van der Waals surface area contributed by atoms with Gasteiger partial charge in [-0.3, -0.25) is 4.79 Å². The molecule has 1 aromatic rings. The maximum atomic E-state index is 12.5. The van der Waals surface area contributed by atoms with Gasteiger partial charge in [-0.25, -0.2) is 13.1 Å². The van der Waals surface area contributed by atoms with Gasteiger partial charge in [-0.2, -0.15) is 0 Å². The third-order valence-corrected chi connectivity index (χ3v) is 6.38. The number of hydrogen-bond acceptors (Lipinski definition) is 4. The van der Waals surface area contributed by atoms with E-state index in [1.54, 1.807) is 12.1 Å². The number of halogens is 2. The lowest BCUT2D eigenvalue weighted by molar-refractivity contribution is -0.148. The van der Waals surface area contributed by atoms with Crippen molar-refractivity contribution in [1.29, 1.82) is 0 Å². The van der Waals surface area contributed by atoms with Gasteiger partial charge >= 0.3 is 5.97 Å². The fourth-order valence-electron chi connectivity index (χ4n) is 1.98. The largest absolute Gasteiger partial charge is 0.481 e. The second-order valence-corrected chi connectivity index (χ2v) is 8.44. The lowest BCUT2D eigenvalue weighted by atomic mass is 9.86. The van der Waals surface area contributed by atoms with Crippen LogP contribution in [0.2, 0.25) is 0 Å². The monoisotopic (exact) mass is 441 g/mol. The zero-order chi connectivity index (χ0) is 15.8. The highest BCUT2D eigenvalue weighted by molar-refractivity contribution is 9.11. The Balaban J connectivity index is 2.34. The summed E-state index contributed by atoms with van der Waals surface area (Å²) >= 11 is 6.40. The van der Waals surface area contributed by atoms with Crippen LogP contribution in [0.1, 0.15) is 6.92 Å². The van der Waals surface area contributed by atoms with Crippen molar-refractivity contribution in [2.24, 2.45) is 5.41 Å². The Labute approximate surface area is 139 Å². The van der Waals surface area contributed by atoms with Crippen molar-refractivity contribution in [2.45, 2.75) is 17.9 Å². The molecule has 2 N–H and O–H groups in total. The first-order valence-electron chi connectivity index (χ1n) is 5.95. The summed E-state index contributed by atoms with van der Waals surface area (Å²) in [6.07, 6.45) is 0. The van der Waals surface area contributed by atoms with E-state index in [1.165, 1.54) is 13.0 Å². The van der Waals surface area contributed by atoms with E-state index < -0.39 is 27.4 Å². The molecule has 1 heterocycles. The molecule has 0 radical (unpaired) electrons. The molecule has 1 aromatic carbocycles. The van der Waals surface area contributed by atoms with Crippen LogP contribution < -0.4 is 4.72 Å². The van der Waals surface area contributed by atoms with Crippen LogP contribution in [0.5, 0.6) is 0 Å². The zero-order valence-electron chi connectivity index (χ0n) is 11.0. The average Bonchev–Trinajstić information content (AvgIpc) is 2.74. The Hall–Kier alpha value is -0.480. The van der Waals surface area contributed by atoms with Crippen LogP contribution in [0.25, 0.3) is 0 Å². The number of hydrogen-bond donors (Lipinski definition) is 2. The first kappa shape index (κ1) is 16.9. The van der Waals surface area contributed by atoms with E-state index in [9.17, 15) is 18.3 Å². The van der Waals surface area contributed by atoms with Gasteiger partial charge < -0.3 is 9.84 Å². The van der Waals surface area contributed by atoms with Crippen LogP contribution in [0.3, 0.4) is 0 Å². The minimum atomic E-state index is -3.87. The lowest BCUT2D eigenvalue weighted by Crippen LogP contribution is -2.49. The molecular formula is C12H13Br2NO5S. The third-order valence-electron chi connectivity index (χ3n) is 3.42. The number of benzene rings is 1. The van der Waals surface area contributed by atoms with Gasteiger partial charge in [-0.1, -0.05) is 15.9 Å². The highest BCUT2D eigenvalue weighted by Crippen LogP contribution is 2.31. The SMILES string of the molecule is CC1(C(=O)O)COCC1NS(=O)(=O)c1cc(Br)ccc1Br. The Morgan fingerprint density at radius 1 is 1.48 bits per heavy atom. The van der Waals surface area contributed by atoms with Crippen LogP contribution in [0.4, 0.5) is 0 Å². The molecule has 1 aliphatic rings. The summed E-state index contributed by atoms with van der Waals surface area (Å²) < 4.78 is 33.5. The molecule has 1 fully saturated rings. The number of rotatable bonds is 4. The van der Waals surface area contributed by atoms with Gasteiger partial charge in [0.15, 0.2) is 0 Å². The van der Waals surface area contributed by atoms with E-state index in [0.29, 0.717) is 8.95 Å². The summed E-state index contributed by atoms with van der Waals surface area (Å²) in [4.78, 5) is 11.4. The van der Waals surface area contributed by atoms with E-state index in [4.69, 9.17) is 4.74 Å². The van der Waals surface area contributed by atoms with Gasteiger partial charge in [0, 0.05) is 8.95 Å². The summed E-state index contributed by atoms with van der Waals surface area (Å²) in [7, 11) is -3.87. The highest BCUT2D eigenvalue weighted by atomic mass is 79.9. The molecule has 2 rings (SSSR count). The smallest absolute Gasteiger partial charge is 0.313 e. The Morgan fingerprint density at radius 3 is 2.76 bits per heavy atom. The molecule has 1 saturated heterocycles. The number of ether oxygens (including phenoxy) is 1. The van der Waals surface area contributed by atoms with E-state index in [1.807, 2.05) is 0 Å². The molecular weight excluding hydrogens is 430 g/mol. The topological polar surface area (TPSA) is 92.7 Å². The van der Waals surface area contributed by atoms with Crippen molar-refractivity contribution >= 4 is 47.9 Å². The first-order chi connectivity index (χ1) is 9.67. The van der Waals surface area contributed by atoms with E-state index in [-0.39, 0.29) is 18.1 Å². The van der Waals surface area contributed by atoms with Crippen molar-refractivity contribution in [3.63, 3.8) is 0 Å². The number of nitrogens with one attached hydrogen (secondary N) is 1. The molecule has 0 aliphatic carbocycles. The second kappa shape index (κ2) is 5.96. The Morgan fingerprint density at radius 2 is 2.14 bits per heavy atom. The van der Waals surface area contributed by atoms with Gasteiger partial charge in [0.25, 0.3) is 0 Å². The van der Waals surface area contributed by atoms with E-state index >= 15 is 0 Å². The summed E-state index contributed by atoms with van der Waals surface area (Å²) in [5.41, 5.74) is -1.29. The number of carboxylic acid groups (broad SMARTS) is 1. The minimum Gasteiger partial charge on any atom is -0.481 e. The molecule has 116 valence electrons. The van der Waals surface area contributed by atoms with Crippen LogP contribution >= 0.6 is 31.9 Å². The number of carbonyl (C=O) groups is 1. The fourth-order valence-corrected chi connectivity index (χ4v) is 4.82. The summed E-state index contributed by atoms with van der Waals surface area (Å²) in [6.45, 7) is 1.45. The minimum absolute atomic E-state index is 0.0215. The quantitative estimate of drug-likeness (QED) is 0.743. The number of sulfonamides is 1. The molecule has 0 spiro atoms. The normalized spacial score (nSPS) is 26.0. The predicted octanol–water partition coefficient (Wildman–Crippen LogP) is 1.98. The molecule has 9 heteroatoms. The van der Waals surface area contributed by atoms with Crippen LogP contribution in [0.15, 0.2) is 32.0 Å². The molecule has 6 nitrogen and oxygen atoms in total. The number of carboxylic acids is 1. The molecule has 0 amide bonds. The van der Waals surface area contributed by atoms with Crippen molar-refractivity contribution in [3.8, 4) is 0 Å². The van der Waals surface area contributed by atoms with Crippen molar-refractivity contribution in [3.05, 3.63) is 27.1 Å². The van der Waals surface area contributed by atoms with Crippen LogP contribution in [-0.2, 0) is 19.6 Å². The van der Waals surface area contributed by atoms with Crippen LogP contribution in [-0.4, -0.2) is 38.7 Å². The molecule has 0 bridgehead atoms. The van der Waals surface area contributed by atoms with Gasteiger partial charge in [0.2, 0.25) is 10.0 Å². The van der Waals surface area contributed by atoms with E-state index in [2.05, 4.69) is 36.6 Å². The standard InChI is InChI=1S/C12H13Br2NO5S/c1-12(11(16)17)6-20-5-10(12)15-21(18,19)9-4-7(13)2-3-8(9)14/h2-4,10,15H,5-6H2,1H3,(H,16,17). The Kier molecular flexibility index (Phi) is 4.79. The maximum absolute atomic E-state index is 12.5. The third kappa shape index (κ3) is 3.31. The van der Waals surface area contributed by atoms with Crippen LogP contribution in [0, 0.1) is 5.41 Å². The van der Waals surface area contributed by atoms with Gasteiger partial charge in [-0.05, 0) is 41.1 Å². The lowest BCUT2D eigenvalue weighted by Gasteiger charge is -2.25. The Bertz CT molecular complexity index is 678. The van der Waals surface area contributed by atoms with E-state index in [0.717, 1.165) is 0 Å². The summed E-state index contributed by atoms with van der Waals surface area (Å²) in [5.74, 6) is -1.10. The first-order valence-corrected chi connectivity index (χ1v) is 9.02. The highest BCUT2D eigenvalue weighted by Gasteiger charge is 2.48. The molecule has 21 heavy (non-hydrogen) atoms. The summed E-state index contributed by atoms with van der Waals surface area (Å²) in [5, 5.41) is 9.28. The predicted molar refractivity (Wildman–Crippen MR) is 82.5 cm³/mol. The maximum Gasteiger partial charge on any atom is 0.313 e. The van der Waals surface area contributed by atoms with Crippen molar-refractivity contribution < 1.29 is 23.1 Å². The van der Waals surface area contributed by atoms with Gasteiger partial charge in [0.05, 0.1) is 24.2 Å². The second-order valence-electron chi connectivity index (χ2n) is 4.99. The molecule has 0 aromatic heterocycles. The van der Waals surface area contributed by atoms with Crippen molar-refractivity contribution in [2.75, 3.05) is 13.2 Å². The molecule has 0 saturated carbocycles. The number of aliphatic carboxylic acids is 1. The fraction of sp³-hybridized carbons (Fsp3) is 0.417. The van der Waals surface area contributed by atoms with Gasteiger partial charge in [-0.15, -0.1) is 0 Å². The molecule has 2 atom stereocenters.